The average molecular weight is 583 g/mol. The van der Waals surface area contributed by atoms with Crippen LogP contribution in [0.3, 0.4) is 0 Å². The summed E-state index contributed by atoms with van der Waals surface area (Å²) in [6, 6.07) is 11.5. The van der Waals surface area contributed by atoms with Crippen LogP contribution in [0.1, 0.15) is 66.5 Å². The number of hydrogen-bond donors (Lipinski definition) is 3. The maximum atomic E-state index is 13.7. The Balaban J connectivity index is 1.41. The van der Waals surface area contributed by atoms with Crippen LogP contribution in [0.2, 0.25) is 0 Å². The number of carbonyl (C=O) groups is 2. The van der Waals surface area contributed by atoms with Gasteiger partial charge in [0.2, 0.25) is 0 Å². The second-order valence-electron chi connectivity index (χ2n) is 11.2. The summed E-state index contributed by atoms with van der Waals surface area (Å²) in [5, 5.41) is 5.99. The molecule has 0 saturated heterocycles. The van der Waals surface area contributed by atoms with Gasteiger partial charge in [0.25, 0.3) is 11.8 Å². The number of imidazole rings is 1. The van der Waals surface area contributed by atoms with Gasteiger partial charge < -0.3 is 25.7 Å². The fourth-order valence-electron chi connectivity index (χ4n) is 6.61. The monoisotopic (exact) mass is 582 g/mol. The fourth-order valence-corrected chi connectivity index (χ4v) is 6.61. The van der Waals surface area contributed by atoms with Crippen LogP contribution in [-0.4, -0.2) is 39.8 Å². The van der Waals surface area contributed by atoms with Crippen molar-refractivity contribution in [2.75, 3.05) is 7.11 Å². The highest BCUT2D eigenvalue weighted by atomic mass is 19.1. The van der Waals surface area contributed by atoms with Gasteiger partial charge in [0.15, 0.2) is 0 Å². The van der Waals surface area contributed by atoms with Crippen molar-refractivity contribution < 1.29 is 18.7 Å². The number of carbonyl (C=O) groups excluding carboxylic acids is 2. The summed E-state index contributed by atoms with van der Waals surface area (Å²) in [4.78, 5) is 34.5. The molecule has 2 aromatic carbocycles. The predicted octanol–water partition coefficient (Wildman–Crippen LogP) is 4.11. The molecule has 2 saturated carbocycles. The Morgan fingerprint density at radius 1 is 1.21 bits per heavy atom. The van der Waals surface area contributed by atoms with E-state index in [2.05, 4.69) is 34.0 Å². The minimum Gasteiger partial charge on any atom is -0.496 e. The number of fused-ring (bicyclic) bond motifs is 2. The van der Waals surface area contributed by atoms with Crippen molar-refractivity contribution in [2.45, 2.75) is 56.5 Å². The highest BCUT2D eigenvalue weighted by Crippen LogP contribution is 2.57. The predicted molar refractivity (Wildman–Crippen MR) is 163 cm³/mol. The number of methoxy groups -OCH3 is 1. The van der Waals surface area contributed by atoms with E-state index in [0.717, 1.165) is 55.1 Å². The first-order chi connectivity index (χ1) is 20.6. The first kappa shape index (κ1) is 29.6. The van der Waals surface area contributed by atoms with Gasteiger partial charge in [0.05, 0.1) is 18.4 Å². The molecule has 43 heavy (non-hydrogen) atoms. The van der Waals surface area contributed by atoms with E-state index in [0.29, 0.717) is 23.0 Å². The van der Waals surface area contributed by atoms with Crippen molar-refractivity contribution in [3.8, 4) is 28.8 Å². The van der Waals surface area contributed by atoms with Crippen molar-refractivity contribution in [2.24, 2.45) is 17.8 Å². The van der Waals surface area contributed by atoms with Crippen molar-refractivity contribution in [1.29, 1.82) is 0 Å². The molecule has 0 atom stereocenters. The van der Waals surface area contributed by atoms with E-state index in [1.165, 1.54) is 25.4 Å². The van der Waals surface area contributed by atoms with Gasteiger partial charge in [-0.2, -0.15) is 0 Å². The SMILES string of the molecule is C=CN=C(N)c1c(-c2ccc(CNC(=O)c3cc(F)ccc3OC)cc2)nc(C23CCC(NC(=O)C#CC)(CC2)C3)n1C. The molecule has 9 nitrogen and oxygen atoms in total. The summed E-state index contributed by atoms with van der Waals surface area (Å²) in [6.07, 6.45) is 5.70. The highest BCUT2D eigenvalue weighted by molar-refractivity contribution is 6.02. The molecule has 0 unspecified atom stereocenters. The van der Waals surface area contributed by atoms with Crippen LogP contribution in [0.4, 0.5) is 4.39 Å². The van der Waals surface area contributed by atoms with Crippen LogP contribution in [0.5, 0.6) is 5.75 Å². The molecule has 3 aromatic rings. The van der Waals surface area contributed by atoms with Gasteiger partial charge in [-0.1, -0.05) is 36.8 Å². The quantitative estimate of drug-likeness (QED) is 0.199. The van der Waals surface area contributed by atoms with Crippen molar-refractivity contribution in [3.63, 3.8) is 0 Å². The summed E-state index contributed by atoms with van der Waals surface area (Å²) in [5.74, 6) is 5.60. The molecule has 0 radical (unpaired) electrons. The van der Waals surface area contributed by atoms with Crippen molar-refractivity contribution in [3.05, 3.63) is 83.7 Å². The second kappa shape index (κ2) is 11.8. The van der Waals surface area contributed by atoms with E-state index in [9.17, 15) is 14.0 Å². The van der Waals surface area contributed by atoms with E-state index < -0.39 is 11.7 Å². The Hall–Kier alpha value is -4.91. The zero-order valence-electron chi connectivity index (χ0n) is 24.6. The van der Waals surface area contributed by atoms with Gasteiger partial charge in [-0.15, -0.1) is 0 Å². The number of aromatic nitrogens is 2. The minimum atomic E-state index is -0.518. The molecule has 1 heterocycles. The molecule has 4 N–H and O–H groups in total. The highest BCUT2D eigenvalue weighted by Gasteiger charge is 2.57. The smallest absolute Gasteiger partial charge is 0.296 e. The first-order valence-electron chi connectivity index (χ1n) is 14.1. The molecule has 2 aliphatic rings. The van der Waals surface area contributed by atoms with E-state index in [1.807, 2.05) is 35.9 Å². The van der Waals surface area contributed by atoms with Crippen LogP contribution in [0.15, 0.2) is 60.2 Å². The Kier molecular flexibility index (Phi) is 8.09. The third-order valence-electron chi connectivity index (χ3n) is 8.59. The maximum Gasteiger partial charge on any atom is 0.296 e. The summed E-state index contributed by atoms with van der Waals surface area (Å²) in [7, 11) is 3.38. The van der Waals surface area contributed by atoms with E-state index in [-0.39, 0.29) is 29.0 Å². The summed E-state index contributed by atoms with van der Waals surface area (Å²) in [6.45, 7) is 5.59. The molecular formula is C33H35FN6O3. The average Bonchev–Trinajstić information content (AvgIpc) is 3.66. The Labute approximate surface area is 250 Å². The lowest BCUT2D eigenvalue weighted by Crippen LogP contribution is -2.44. The van der Waals surface area contributed by atoms with Gasteiger partial charge in [0.1, 0.15) is 28.9 Å². The molecule has 222 valence electrons. The van der Waals surface area contributed by atoms with E-state index >= 15 is 0 Å². The summed E-state index contributed by atoms with van der Waals surface area (Å²) < 4.78 is 21.0. The van der Waals surface area contributed by atoms with Gasteiger partial charge in [-0.3, -0.25) is 9.59 Å². The number of nitrogens with zero attached hydrogens (tertiary/aromatic N) is 3. The van der Waals surface area contributed by atoms with Crippen molar-refractivity contribution in [1.82, 2.24) is 20.2 Å². The zero-order chi connectivity index (χ0) is 30.8. The number of nitrogens with two attached hydrogens (primary N) is 1. The summed E-state index contributed by atoms with van der Waals surface area (Å²) in [5.41, 5.74) is 9.15. The summed E-state index contributed by atoms with van der Waals surface area (Å²) >= 11 is 0. The van der Waals surface area contributed by atoms with E-state index in [1.54, 1.807) is 6.92 Å². The van der Waals surface area contributed by atoms with Gasteiger partial charge in [0, 0.05) is 36.3 Å². The molecule has 1 aromatic heterocycles. The maximum absolute atomic E-state index is 13.7. The van der Waals surface area contributed by atoms with Crippen LogP contribution < -0.4 is 21.1 Å². The minimum absolute atomic E-state index is 0.127. The molecule has 5 rings (SSSR count). The largest absolute Gasteiger partial charge is 0.496 e. The molecule has 2 aliphatic carbocycles. The second-order valence-corrected chi connectivity index (χ2v) is 11.2. The van der Waals surface area contributed by atoms with Crippen LogP contribution in [0.25, 0.3) is 11.3 Å². The van der Waals surface area contributed by atoms with Gasteiger partial charge in [-0.25, -0.2) is 14.4 Å². The number of amidine groups is 1. The number of amides is 2. The number of benzene rings is 2. The Bertz CT molecular complexity index is 1670. The van der Waals surface area contributed by atoms with Gasteiger partial charge >= 0.3 is 0 Å². The molecule has 10 heteroatoms. The number of aliphatic imine (C=N–C) groups is 1. The lowest BCUT2D eigenvalue weighted by atomic mass is 9.83. The lowest BCUT2D eigenvalue weighted by Gasteiger charge is -2.27. The molecule has 0 spiro atoms. The third kappa shape index (κ3) is 5.63. The number of hydrogen-bond acceptors (Lipinski definition) is 5. The first-order valence-corrected chi connectivity index (χ1v) is 14.1. The van der Waals surface area contributed by atoms with Crippen LogP contribution >= 0.6 is 0 Å². The molecule has 0 aliphatic heterocycles. The molecular weight excluding hydrogens is 547 g/mol. The number of ether oxygens (including phenoxy) is 1. The third-order valence-corrected chi connectivity index (χ3v) is 8.59. The number of halogens is 1. The Morgan fingerprint density at radius 2 is 1.93 bits per heavy atom. The number of nitrogens with one attached hydrogen (secondary N) is 2. The fraction of sp³-hybridized carbons (Fsp3) is 0.333. The van der Waals surface area contributed by atoms with Gasteiger partial charge in [-0.05, 0) is 68.7 Å². The van der Waals surface area contributed by atoms with Crippen LogP contribution in [-0.2, 0) is 23.8 Å². The topological polar surface area (TPSA) is 124 Å². The zero-order valence-corrected chi connectivity index (χ0v) is 24.6. The Morgan fingerprint density at radius 3 is 2.58 bits per heavy atom. The van der Waals surface area contributed by atoms with Crippen molar-refractivity contribution >= 4 is 17.6 Å². The number of rotatable bonds is 9. The van der Waals surface area contributed by atoms with Crippen LogP contribution in [0, 0.1) is 17.7 Å². The molecule has 2 amide bonds. The standard InChI is InChI=1S/C33H35FN6O3/c1-5-7-26(41)39-33-16-14-32(20-33,15-17-33)31-38-27(28(40(31)3)29(35)36-6-2)22-10-8-21(9-11-22)19-37-30(42)24-18-23(34)12-13-25(24)43-4/h6,8-13,18H,2,14-17,19-20H2,1,3-4H3,(H2,35,36)(H,37,42)(H,39,41). The lowest BCUT2D eigenvalue weighted by molar-refractivity contribution is -0.117. The molecule has 2 fully saturated rings. The normalized spacial score (nSPS) is 20.7. The molecule has 2 bridgehead atoms. The van der Waals surface area contributed by atoms with E-state index in [4.69, 9.17) is 15.5 Å².